The summed E-state index contributed by atoms with van der Waals surface area (Å²) in [5.74, 6) is 1.01. The Kier molecular flexibility index (Phi) is 6.69. The van der Waals surface area contributed by atoms with Gasteiger partial charge in [0.25, 0.3) is 0 Å². The third kappa shape index (κ3) is 5.09. The standard InChI is InChI=1S/C20H21BrN4O2S2/c1-13-6-7-16(15(21)10-13)22-18(26)12-29-20-24-23-19(17-5-3-9-28-17)25(20)11-14-4-2-8-27-14/h3,5-7,9-10,14H,2,4,8,11-12H2,1H3,(H,22,26). The van der Waals surface area contributed by atoms with E-state index in [9.17, 15) is 4.79 Å². The van der Waals surface area contributed by atoms with Gasteiger partial charge in [0, 0.05) is 11.1 Å². The molecule has 1 aliphatic heterocycles. The molecule has 3 aromatic rings. The molecule has 0 saturated carbocycles. The highest BCUT2D eigenvalue weighted by Crippen LogP contribution is 2.29. The van der Waals surface area contributed by atoms with E-state index in [-0.39, 0.29) is 17.8 Å². The van der Waals surface area contributed by atoms with Gasteiger partial charge in [-0.3, -0.25) is 9.36 Å². The van der Waals surface area contributed by atoms with E-state index in [0.717, 1.165) is 51.0 Å². The number of thiophene rings is 1. The Labute approximate surface area is 186 Å². The number of thioether (sulfide) groups is 1. The van der Waals surface area contributed by atoms with Crippen LogP contribution in [0.25, 0.3) is 10.7 Å². The van der Waals surface area contributed by atoms with Gasteiger partial charge in [-0.2, -0.15) is 0 Å². The van der Waals surface area contributed by atoms with Gasteiger partial charge in [0.15, 0.2) is 11.0 Å². The molecule has 0 spiro atoms. The second-order valence-corrected chi connectivity index (χ2v) is 9.59. The van der Waals surface area contributed by atoms with Crippen molar-refractivity contribution in [2.75, 3.05) is 17.7 Å². The second-order valence-electron chi connectivity index (χ2n) is 6.85. The fourth-order valence-electron chi connectivity index (χ4n) is 3.18. The molecule has 29 heavy (non-hydrogen) atoms. The first-order valence-corrected chi connectivity index (χ1v) is 12.0. The van der Waals surface area contributed by atoms with Gasteiger partial charge in [-0.15, -0.1) is 21.5 Å². The number of ether oxygens (including phenoxy) is 1. The number of hydrogen-bond acceptors (Lipinski definition) is 6. The molecule has 1 atom stereocenters. The van der Waals surface area contributed by atoms with Gasteiger partial charge in [0.2, 0.25) is 5.91 Å². The van der Waals surface area contributed by atoms with Crippen LogP contribution in [0.5, 0.6) is 0 Å². The Morgan fingerprint density at radius 1 is 1.41 bits per heavy atom. The van der Waals surface area contributed by atoms with E-state index in [1.54, 1.807) is 11.3 Å². The third-order valence-corrected chi connectivity index (χ3v) is 7.09. The van der Waals surface area contributed by atoms with Crippen molar-refractivity contribution in [1.82, 2.24) is 14.8 Å². The normalized spacial score (nSPS) is 16.3. The molecule has 6 nitrogen and oxygen atoms in total. The number of nitrogens with one attached hydrogen (secondary N) is 1. The zero-order valence-electron chi connectivity index (χ0n) is 15.9. The number of aryl methyl sites for hydroxylation is 1. The van der Waals surface area contributed by atoms with Crippen LogP contribution in [-0.2, 0) is 16.1 Å². The monoisotopic (exact) mass is 492 g/mol. The van der Waals surface area contributed by atoms with Crippen LogP contribution < -0.4 is 5.32 Å². The summed E-state index contributed by atoms with van der Waals surface area (Å²) in [6, 6.07) is 9.89. The average Bonchev–Trinajstić information content (AvgIpc) is 3.45. The van der Waals surface area contributed by atoms with Crippen molar-refractivity contribution >= 4 is 50.6 Å². The zero-order valence-corrected chi connectivity index (χ0v) is 19.1. The van der Waals surface area contributed by atoms with Crippen LogP contribution in [0.3, 0.4) is 0 Å². The first-order chi connectivity index (χ1) is 14.1. The van der Waals surface area contributed by atoms with Crippen LogP contribution in [0.2, 0.25) is 0 Å². The topological polar surface area (TPSA) is 69.0 Å². The third-order valence-electron chi connectivity index (χ3n) is 4.60. The molecule has 1 aromatic carbocycles. The van der Waals surface area contributed by atoms with Crippen LogP contribution in [0.1, 0.15) is 18.4 Å². The maximum atomic E-state index is 12.5. The predicted octanol–water partition coefficient (Wildman–Crippen LogP) is 4.99. The fraction of sp³-hybridized carbons (Fsp3) is 0.350. The Morgan fingerprint density at radius 3 is 3.03 bits per heavy atom. The van der Waals surface area contributed by atoms with Crippen LogP contribution in [0.4, 0.5) is 5.69 Å². The molecule has 1 fully saturated rings. The summed E-state index contributed by atoms with van der Waals surface area (Å²) in [4.78, 5) is 13.5. The lowest BCUT2D eigenvalue weighted by molar-refractivity contribution is -0.113. The molecule has 2 aromatic heterocycles. The number of benzene rings is 1. The molecule has 9 heteroatoms. The van der Waals surface area contributed by atoms with E-state index < -0.39 is 0 Å². The quantitative estimate of drug-likeness (QED) is 0.470. The maximum absolute atomic E-state index is 12.5. The fourth-order valence-corrected chi connectivity index (χ4v) is 5.24. The Bertz CT molecular complexity index is 985. The van der Waals surface area contributed by atoms with Crippen molar-refractivity contribution in [2.45, 2.75) is 37.6 Å². The number of hydrogen-bond donors (Lipinski definition) is 1. The maximum Gasteiger partial charge on any atom is 0.234 e. The number of carbonyl (C=O) groups is 1. The summed E-state index contributed by atoms with van der Waals surface area (Å²) < 4.78 is 8.77. The Balaban J connectivity index is 1.46. The highest BCUT2D eigenvalue weighted by atomic mass is 79.9. The van der Waals surface area contributed by atoms with Crippen molar-refractivity contribution in [3.63, 3.8) is 0 Å². The number of carbonyl (C=O) groups excluding carboxylic acids is 1. The van der Waals surface area contributed by atoms with Gasteiger partial charge >= 0.3 is 0 Å². The van der Waals surface area contributed by atoms with Gasteiger partial charge in [0.05, 0.1) is 29.0 Å². The smallest absolute Gasteiger partial charge is 0.234 e. The van der Waals surface area contributed by atoms with E-state index in [1.807, 2.05) is 42.6 Å². The molecular formula is C20H21BrN4O2S2. The SMILES string of the molecule is Cc1ccc(NC(=O)CSc2nnc(-c3cccs3)n2CC2CCCO2)c(Br)c1. The van der Waals surface area contributed by atoms with Crippen LogP contribution in [0.15, 0.2) is 45.3 Å². The van der Waals surface area contributed by atoms with Gasteiger partial charge in [0.1, 0.15) is 0 Å². The molecule has 4 rings (SSSR count). The summed E-state index contributed by atoms with van der Waals surface area (Å²) >= 11 is 6.53. The van der Waals surface area contributed by atoms with Crippen molar-refractivity contribution in [1.29, 1.82) is 0 Å². The average molecular weight is 493 g/mol. The van der Waals surface area contributed by atoms with E-state index in [0.29, 0.717) is 6.54 Å². The molecule has 1 unspecified atom stereocenters. The summed E-state index contributed by atoms with van der Waals surface area (Å²) in [6.45, 7) is 3.52. The van der Waals surface area contributed by atoms with E-state index in [4.69, 9.17) is 4.74 Å². The molecule has 0 aliphatic carbocycles. The van der Waals surface area contributed by atoms with Crippen molar-refractivity contribution in [2.24, 2.45) is 0 Å². The minimum Gasteiger partial charge on any atom is -0.376 e. The molecule has 1 amide bonds. The van der Waals surface area contributed by atoms with Crippen molar-refractivity contribution in [3.8, 4) is 10.7 Å². The lowest BCUT2D eigenvalue weighted by Crippen LogP contribution is -2.18. The first-order valence-electron chi connectivity index (χ1n) is 9.37. The van der Waals surface area contributed by atoms with E-state index in [1.165, 1.54) is 11.8 Å². The van der Waals surface area contributed by atoms with Crippen molar-refractivity contribution in [3.05, 3.63) is 45.7 Å². The van der Waals surface area contributed by atoms with Gasteiger partial charge in [-0.1, -0.05) is 23.9 Å². The van der Waals surface area contributed by atoms with Gasteiger partial charge in [-0.05, 0) is 64.8 Å². The largest absolute Gasteiger partial charge is 0.376 e. The molecule has 0 radical (unpaired) electrons. The number of nitrogens with zero attached hydrogens (tertiary/aromatic N) is 3. The highest BCUT2D eigenvalue weighted by molar-refractivity contribution is 9.10. The molecule has 0 bridgehead atoms. The highest BCUT2D eigenvalue weighted by Gasteiger charge is 2.22. The van der Waals surface area contributed by atoms with Crippen molar-refractivity contribution < 1.29 is 9.53 Å². The summed E-state index contributed by atoms with van der Waals surface area (Å²) in [6.07, 6.45) is 2.28. The van der Waals surface area contributed by atoms with E-state index >= 15 is 0 Å². The van der Waals surface area contributed by atoms with Crippen LogP contribution in [-0.4, -0.2) is 39.1 Å². The zero-order chi connectivity index (χ0) is 20.2. The number of halogens is 1. The predicted molar refractivity (Wildman–Crippen MR) is 121 cm³/mol. The number of amides is 1. The first kappa shape index (κ1) is 20.6. The molecular weight excluding hydrogens is 472 g/mol. The Hall–Kier alpha value is -1.68. The van der Waals surface area contributed by atoms with Gasteiger partial charge in [-0.25, -0.2) is 0 Å². The minimum atomic E-state index is -0.0797. The summed E-state index contributed by atoms with van der Waals surface area (Å²) in [7, 11) is 0. The van der Waals surface area contributed by atoms with Gasteiger partial charge < -0.3 is 10.1 Å². The molecule has 1 saturated heterocycles. The summed E-state index contributed by atoms with van der Waals surface area (Å²) in [5, 5.41) is 14.5. The minimum absolute atomic E-state index is 0.0797. The summed E-state index contributed by atoms with van der Waals surface area (Å²) in [5.41, 5.74) is 1.90. The second kappa shape index (κ2) is 9.42. The van der Waals surface area contributed by atoms with Crippen LogP contribution in [0, 0.1) is 6.92 Å². The lowest BCUT2D eigenvalue weighted by atomic mass is 10.2. The Morgan fingerprint density at radius 2 is 2.31 bits per heavy atom. The number of rotatable bonds is 7. The molecule has 152 valence electrons. The lowest BCUT2D eigenvalue weighted by Gasteiger charge is -2.14. The molecule has 1 N–H and O–H groups in total. The van der Waals surface area contributed by atoms with Crippen LogP contribution >= 0.6 is 39.0 Å². The number of anilines is 1. The molecule has 3 heterocycles. The number of aromatic nitrogens is 3. The van der Waals surface area contributed by atoms with E-state index in [2.05, 4.69) is 36.0 Å². The molecule has 1 aliphatic rings.